The molecule has 1 aromatic carbocycles. The molecule has 2 unspecified atom stereocenters. The molecular weight excluding hydrogens is 686 g/mol. The Hall–Kier alpha value is -3.42. The largest absolute Gasteiger partial charge is 0.472 e. The summed E-state index contributed by atoms with van der Waals surface area (Å²) in [4.78, 5) is 14.1. The third-order valence-electron chi connectivity index (χ3n) is 8.92. The fraction of sp³-hybridized carbons (Fsp3) is 0.632. The molecule has 0 bridgehead atoms. The minimum Gasteiger partial charge on any atom is -0.392 e. The molecule has 2 heterocycles. The molecule has 0 aliphatic heterocycles. The van der Waals surface area contributed by atoms with E-state index in [1.54, 1.807) is 16.7 Å². The average Bonchev–Trinajstić information content (AvgIpc) is 3.57. The number of phosphoric ester groups is 1. The number of aliphatic hydroxyl groups excluding tert-OH is 1. The fourth-order valence-electron chi connectivity index (χ4n) is 5.75. The number of hydrogen-bond acceptors (Lipinski definition) is 10. The number of benzene rings is 1. The first-order valence-corrected chi connectivity index (χ1v) is 20.1. The Bertz CT molecular complexity index is 1580. The summed E-state index contributed by atoms with van der Waals surface area (Å²) in [6.07, 6.45) is 22.1. The minimum atomic E-state index is -4.31. The van der Waals surface area contributed by atoms with Crippen molar-refractivity contribution >= 4 is 19.2 Å². The van der Waals surface area contributed by atoms with E-state index in [1.165, 1.54) is 109 Å². The van der Waals surface area contributed by atoms with Crippen LogP contribution in [-0.2, 0) is 31.4 Å². The van der Waals surface area contributed by atoms with Gasteiger partial charge in [-0.1, -0.05) is 103 Å². The number of nitrogen functional groups attached to an aromatic ring is 1. The number of aryl methyl sites for hydroxylation is 1. The molecule has 4 N–H and O–H groups in total. The third-order valence-corrected chi connectivity index (χ3v) is 9.89. The number of rotatable bonds is 26. The number of aromatic nitrogens is 3. The molecule has 0 aliphatic rings. The van der Waals surface area contributed by atoms with E-state index >= 15 is 0 Å². The zero-order valence-corrected chi connectivity index (χ0v) is 31.9. The van der Waals surface area contributed by atoms with Crippen molar-refractivity contribution in [1.82, 2.24) is 14.6 Å². The second-order valence-electron chi connectivity index (χ2n) is 13.1. The van der Waals surface area contributed by atoms with Gasteiger partial charge in [-0.2, -0.15) is 15.6 Å². The Kier molecular flexibility index (Phi) is 22.0. The minimum absolute atomic E-state index is 0.135. The van der Waals surface area contributed by atoms with Crippen LogP contribution in [0.25, 0.3) is 5.52 Å². The Morgan fingerprint density at radius 2 is 1.52 bits per heavy atom. The molecule has 0 spiro atoms. The Balaban J connectivity index is 0.000000722. The highest BCUT2D eigenvalue weighted by Crippen LogP contribution is 2.44. The van der Waals surface area contributed by atoms with E-state index in [0.717, 1.165) is 24.6 Å². The van der Waals surface area contributed by atoms with Gasteiger partial charge in [0.25, 0.3) is 0 Å². The van der Waals surface area contributed by atoms with E-state index in [4.69, 9.17) is 29.9 Å². The van der Waals surface area contributed by atoms with Gasteiger partial charge < -0.3 is 20.5 Å². The van der Waals surface area contributed by atoms with Gasteiger partial charge in [0.05, 0.1) is 24.8 Å². The van der Waals surface area contributed by atoms with Crippen LogP contribution in [0.1, 0.15) is 133 Å². The maximum absolute atomic E-state index is 12.5. The van der Waals surface area contributed by atoms with Crippen molar-refractivity contribution in [2.45, 2.75) is 135 Å². The highest BCUT2D eigenvalue weighted by molar-refractivity contribution is 7.47. The molecule has 3 rings (SSSR count). The lowest BCUT2D eigenvalue weighted by Gasteiger charge is -2.25. The van der Waals surface area contributed by atoms with Crippen LogP contribution in [0.2, 0.25) is 0 Å². The number of anilines is 1. The molecule has 0 fully saturated rings. The summed E-state index contributed by atoms with van der Waals surface area (Å²) in [6.45, 7) is 1.76. The summed E-state index contributed by atoms with van der Waals surface area (Å²) >= 11 is 0. The molecule has 12 nitrogen and oxygen atoms in total. The SMILES string of the molecule is CCCCCCCCCCCCCCCCCCOP(=O)(O)OCC(C#N)(CCc1ccc2c(N)ncnn12)OC.N#Cc1cc(F)cc(CO)c1. The van der Waals surface area contributed by atoms with Gasteiger partial charge in [-0.25, -0.2) is 18.5 Å². The van der Waals surface area contributed by atoms with Gasteiger partial charge in [0.15, 0.2) is 11.4 Å². The van der Waals surface area contributed by atoms with Crippen molar-refractivity contribution in [3.8, 4) is 12.1 Å². The molecule has 0 saturated carbocycles. The van der Waals surface area contributed by atoms with Crippen LogP contribution in [0.5, 0.6) is 0 Å². The third kappa shape index (κ3) is 17.4. The molecule has 0 saturated heterocycles. The average molecular weight is 745 g/mol. The number of nitrogens with two attached hydrogens (primary N) is 1. The van der Waals surface area contributed by atoms with Crippen LogP contribution in [0.3, 0.4) is 0 Å². The quantitative estimate of drug-likeness (QED) is 0.0526. The highest BCUT2D eigenvalue weighted by Gasteiger charge is 2.35. The van der Waals surface area contributed by atoms with E-state index in [-0.39, 0.29) is 25.2 Å². The monoisotopic (exact) mass is 744 g/mol. The van der Waals surface area contributed by atoms with E-state index in [1.807, 2.05) is 6.07 Å². The number of nitrogens with zero attached hydrogens (tertiary/aromatic N) is 5. The summed E-state index contributed by atoms with van der Waals surface area (Å²) in [5.41, 5.74) is 6.58. The number of hydrogen-bond donors (Lipinski definition) is 3. The lowest BCUT2D eigenvalue weighted by Crippen LogP contribution is -2.35. The smallest absolute Gasteiger partial charge is 0.392 e. The van der Waals surface area contributed by atoms with Gasteiger partial charge in [0.2, 0.25) is 0 Å². The highest BCUT2D eigenvalue weighted by atomic mass is 31.2. The van der Waals surface area contributed by atoms with Crippen LogP contribution in [0.15, 0.2) is 36.7 Å². The summed E-state index contributed by atoms with van der Waals surface area (Å²) < 4.78 is 42.3. The molecule has 0 aliphatic carbocycles. The first-order valence-electron chi connectivity index (χ1n) is 18.6. The summed E-state index contributed by atoms with van der Waals surface area (Å²) in [7, 11) is -2.93. The Morgan fingerprint density at radius 1 is 0.923 bits per heavy atom. The maximum atomic E-state index is 12.5. The molecule has 3 aromatic rings. The molecular formula is C38H58FN6O6P. The summed E-state index contributed by atoms with van der Waals surface area (Å²) in [6, 6.07) is 11.3. The normalized spacial score (nSPS) is 13.4. The molecule has 2 atom stereocenters. The molecule has 14 heteroatoms. The molecule has 288 valence electrons. The van der Waals surface area contributed by atoms with Gasteiger partial charge >= 0.3 is 7.82 Å². The van der Waals surface area contributed by atoms with Crippen LogP contribution in [-0.4, -0.2) is 50.5 Å². The topological polar surface area (TPSA) is 189 Å². The van der Waals surface area contributed by atoms with Crippen LogP contribution in [0.4, 0.5) is 10.2 Å². The van der Waals surface area contributed by atoms with Crippen molar-refractivity contribution in [3.63, 3.8) is 0 Å². The van der Waals surface area contributed by atoms with Crippen molar-refractivity contribution in [3.05, 3.63) is 59.3 Å². The zero-order chi connectivity index (χ0) is 38.1. The number of halogens is 1. The van der Waals surface area contributed by atoms with Crippen molar-refractivity contribution in [2.24, 2.45) is 0 Å². The number of ether oxygens (including phenoxy) is 1. The number of unbranched alkanes of at least 4 members (excludes halogenated alkanes) is 15. The number of methoxy groups -OCH3 is 1. The molecule has 2 aromatic heterocycles. The van der Waals surface area contributed by atoms with Crippen LogP contribution in [0, 0.1) is 28.5 Å². The van der Waals surface area contributed by atoms with Gasteiger partial charge in [-0.3, -0.25) is 9.05 Å². The van der Waals surface area contributed by atoms with Gasteiger partial charge in [0, 0.05) is 12.8 Å². The summed E-state index contributed by atoms with van der Waals surface area (Å²) in [5.74, 6) is -0.135. The van der Waals surface area contributed by atoms with E-state index < -0.39 is 25.8 Å². The van der Waals surface area contributed by atoms with E-state index in [2.05, 4.69) is 23.1 Å². The zero-order valence-electron chi connectivity index (χ0n) is 31.0. The van der Waals surface area contributed by atoms with Gasteiger partial charge in [-0.05, 0) is 55.2 Å². The Morgan fingerprint density at radius 3 is 2.06 bits per heavy atom. The van der Waals surface area contributed by atoms with Gasteiger partial charge in [0.1, 0.15) is 30.3 Å². The number of nitriles is 2. The van der Waals surface area contributed by atoms with E-state index in [9.17, 15) is 19.1 Å². The van der Waals surface area contributed by atoms with Gasteiger partial charge in [-0.15, -0.1) is 0 Å². The molecule has 52 heavy (non-hydrogen) atoms. The second-order valence-corrected chi connectivity index (χ2v) is 14.5. The van der Waals surface area contributed by atoms with Crippen LogP contribution >= 0.6 is 7.82 Å². The first kappa shape index (κ1) is 44.7. The van der Waals surface area contributed by atoms with E-state index in [0.29, 0.717) is 29.7 Å². The number of phosphoric acid groups is 1. The fourth-order valence-corrected chi connectivity index (χ4v) is 6.56. The van der Waals surface area contributed by atoms with Crippen LogP contribution < -0.4 is 5.73 Å². The lowest BCUT2D eigenvalue weighted by atomic mass is 9.99. The number of aliphatic hydroxyl groups is 1. The standard InChI is InChI=1S/C30H52N5O5P.C8H6FNO/c1-3-4-5-6-7-8-9-10-11-12-13-14-15-16-17-18-23-39-41(36,37)40-25-30(24-31,38-2)22-21-27-19-20-28-29(32)33-26-34-35(27)28;9-8-2-6(4-10)1-7(3-8)5-11/h19-20,26H,3-18,21-23,25H2,1-2H3,(H,36,37)(H2,32,33,34);1-3,11H,5H2. The predicted octanol–water partition coefficient (Wildman–Crippen LogP) is 8.74. The summed E-state index contributed by atoms with van der Waals surface area (Å²) in [5, 5.41) is 31.0. The lowest BCUT2D eigenvalue weighted by molar-refractivity contribution is -0.0166. The van der Waals surface area contributed by atoms with Crippen molar-refractivity contribution in [2.75, 3.05) is 26.1 Å². The molecule has 0 radical (unpaired) electrons. The number of fused-ring (bicyclic) bond motifs is 1. The molecule has 0 amide bonds. The van der Waals surface area contributed by atoms with Crippen molar-refractivity contribution < 1.29 is 32.7 Å². The van der Waals surface area contributed by atoms with Crippen molar-refractivity contribution in [1.29, 1.82) is 10.5 Å². The first-order chi connectivity index (χ1) is 25.1. The maximum Gasteiger partial charge on any atom is 0.472 e. The second kappa shape index (κ2) is 25.5. The predicted molar refractivity (Wildman–Crippen MR) is 199 cm³/mol. The Labute approximate surface area is 308 Å².